The van der Waals surface area contributed by atoms with Gasteiger partial charge in [-0.2, -0.15) is 0 Å². The Morgan fingerprint density at radius 2 is 1.50 bits per heavy atom. The van der Waals surface area contributed by atoms with E-state index in [0.29, 0.717) is 22.7 Å². The zero-order valence-electron chi connectivity index (χ0n) is 36.4. The van der Waals surface area contributed by atoms with Crippen LogP contribution in [0, 0.1) is 59.2 Å². The van der Waals surface area contributed by atoms with Gasteiger partial charge in [-0.25, -0.2) is 0 Å². The fourth-order valence-corrected chi connectivity index (χ4v) is 18.4. The molecule has 16 atom stereocenters. The van der Waals surface area contributed by atoms with E-state index in [1.165, 1.54) is 130 Å². The molecule has 12 rings (SSSR count). The van der Waals surface area contributed by atoms with E-state index in [1.807, 2.05) is 0 Å². The van der Waals surface area contributed by atoms with Crippen molar-refractivity contribution in [1.29, 1.82) is 0 Å². The summed E-state index contributed by atoms with van der Waals surface area (Å²) in [7, 11) is 0. The highest BCUT2D eigenvalue weighted by atomic mass is 32.2. The van der Waals surface area contributed by atoms with E-state index in [-0.39, 0.29) is 0 Å². The summed E-state index contributed by atoms with van der Waals surface area (Å²) in [5, 5.41) is 13.0. The lowest BCUT2D eigenvalue weighted by Crippen LogP contribution is -2.52. The Balaban J connectivity index is 0.749. The second-order valence-corrected chi connectivity index (χ2v) is 24.2. The Hall–Kier alpha value is -2.35. The summed E-state index contributed by atoms with van der Waals surface area (Å²) < 4.78 is 0. The summed E-state index contributed by atoms with van der Waals surface area (Å²) in [6.07, 6.45) is 41.1. The van der Waals surface area contributed by atoms with Crippen molar-refractivity contribution in [2.45, 2.75) is 169 Å². The van der Waals surface area contributed by atoms with E-state index in [4.69, 9.17) is 0 Å². The molecule has 0 radical (unpaired) electrons. The molecule has 0 aromatic heterocycles. The number of fused-ring (bicyclic) bond motifs is 5. The molecule has 1 aromatic rings. The second kappa shape index (κ2) is 16.3. The highest BCUT2D eigenvalue weighted by Gasteiger charge is 2.57. The Labute approximate surface area is 370 Å². The molecule has 60 heavy (non-hydrogen) atoms. The number of likely N-dealkylation sites (tertiary alicyclic amines) is 1. The molecule has 0 spiro atoms. The summed E-state index contributed by atoms with van der Waals surface area (Å²) in [4.78, 5) is 11.0. The summed E-state index contributed by atoms with van der Waals surface area (Å²) in [6.45, 7) is 4.95. The van der Waals surface area contributed by atoms with E-state index in [1.54, 1.807) is 10.6 Å². The van der Waals surface area contributed by atoms with Crippen molar-refractivity contribution < 1.29 is 0 Å². The van der Waals surface area contributed by atoms with Crippen molar-refractivity contribution in [2.24, 2.45) is 64.2 Å². The quantitative estimate of drug-likeness (QED) is 0.248. The van der Waals surface area contributed by atoms with Crippen LogP contribution in [0.2, 0.25) is 0 Å². The number of allylic oxidation sites excluding steroid dienone is 7. The molecule has 1 aromatic carbocycles. The van der Waals surface area contributed by atoms with E-state index in [9.17, 15) is 0 Å². The molecule has 320 valence electrons. The second-order valence-electron chi connectivity index (χ2n) is 21.7. The third-order valence-corrected chi connectivity index (χ3v) is 21.3. The highest BCUT2D eigenvalue weighted by Crippen LogP contribution is 2.59. The van der Waals surface area contributed by atoms with Gasteiger partial charge in [0.1, 0.15) is 0 Å². The molecule has 0 amide bonds. The van der Waals surface area contributed by atoms with Crippen LogP contribution in [-0.4, -0.2) is 46.0 Å². The van der Waals surface area contributed by atoms with Crippen molar-refractivity contribution in [2.75, 3.05) is 5.32 Å². The Morgan fingerprint density at radius 3 is 2.27 bits per heavy atom. The lowest BCUT2D eigenvalue weighted by molar-refractivity contribution is 0.00317. The molecule has 5 fully saturated rings. The molecule has 11 aliphatic rings. The van der Waals surface area contributed by atoms with Crippen LogP contribution in [0.5, 0.6) is 0 Å². The molecule has 16 unspecified atom stereocenters. The van der Waals surface area contributed by atoms with E-state index < -0.39 is 0 Å². The highest BCUT2D eigenvalue weighted by molar-refractivity contribution is 8.03. The number of anilines is 1. The van der Waals surface area contributed by atoms with Gasteiger partial charge >= 0.3 is 0 Å². The summed E-state index contributed by atoms with van der Waals surface area (Å²) in [5.74, 6) is 8.56. The molecule has 0 bridgehead atoms. The first kappa shape index (κ1) is 39.3. The Bertz CT molecular complexity index is 1980. The van der Waals surface area contributed by atoms with Crippen LogP contribution >= 0.6 is 23.5 Å². The molecule has 3 N–H and O–H groups in total. The van der Waals surface area contributed by atoms with Gasteiger partial charge in [0.25, 0.3) is 0 Å². The number of benzene rings is 1. The SMILES string of the molecule is CC1C=CC(C2CC3=C(C2)SC(C2CCC4C(C2)C2CC(C5Nc6ccc(C7=CN=CCC7)cc6S5)CCC2N4C2CCC(C4CCC5C=CCCC5C4)CC2C)N3)=CN1. The van der Waals surface area contributed by atoms with E-state index in [0.717, 1.165) is 84.2 Å². The fourth-order valence-electron chi connectivity index (χ4n) is 15.5. The maximum atomic E-state index is 4.50. The number of hydrogen-bond donors (Lipinski definition) is 3. The number of hydrogen-bond acceptors (Lipinski definition) is 7. The van der Waals surface area contributed by atoms with Gasteiger partial charge in [-0.15, -0.1) is 11.8 Å². The first-order valence-electron chi connectivity index (χ1n) is 25.0. The molecule has 5 aliphatic heterocycles. The third kappa shape index (κ3) is 7.23. The first-order chi connectivity index (χ1) is 29.5. The number of nitrogens with one attached hydrogen (secondary N) is 3. The number of dihydropyridines is 1. The number of thioether (sulfide) groups is 2. The Kier molecular flexibility index (Phi) is 10.7. The van der Waals surface area contributed by atoms with Crippen LogP contribution in [0.1, 0.15) is 135 Å². The minimum absolute atomic E-state index is 0.451. The molecule has 7 heteroatoms. The van der Waals surface area contributed by atoms with Gasteiger partial charge in [0, 0.05) is 64.0 Å². The monoisotopic (exact) mass is 842 g/mol. The van der Waals surface area contributed by atoms with Crippen LogP contribution in [0.15, 0.2) is 81.0 Å². The van der Waals surface area contributed by atoms with Gasteiger partial charge in [0.15, 0.2) is 0 Å². The summed E-state index contributed by atoms with van der Waals surface area (Å²) >= 11 is 4.40. The normalized spacial score (nSPS) is 44.4. The number of nitrogens with zero attached hydrogens (tertiary/aromatic N) is 2. The smallest absolute Gasteiger partial charge is 0.0798 e. The summed E-state index contributed by atoms with van der Waals surface area (Å²) in [5.41, 5.74) is 7.22. The van der Waals surface area contributed by atoms with Crippen molar-refractivity contribution in [3.63, 3.8) is 0 Å². The standard InChI is InChI=1S/C53H71N5S2/c1-31-22-35(36-12-11-33-6-3-4-7-34(33)23-36)14-18-47(31)58-48-19-15-38(52-56-45-17-13-37(27-50(45)59-52)40-8-5-21-54-29-40)24-43(48)44-25-39(16-20-49(44)58)53-57-46-26-42(28-51(46)60-53)41-10-9-32(2)55-30-41/h3,6,9-10,13,17,21,27,29-36,38-39,42-44,47-49,52-53,55-57H,4-5,7-8,11-12,14-16,18-20,22-26,28H2,1-2H3. The average molecular weight is 842 g/mol. The minimum Gasteiger partial charge on any atom is -0.385 e. The van der Waals surface area contributed by atoms with Crippen molar-refractivity contribution in [3.05, 3.63) is 76.6 Å². The maximum Gasteiger partial charge on any atom is 0.0798 e. The zero-order valence-corrected chi connectivity index (χ0v) is 38.1. The lowest BCUT2D eigenvalue weighted by Gasteiger charge is -2.49. The van der Waals surface area contributed by atoms with Crippen LogP contribution in [0.4, 0.5) is 5.69 Å². The number of aliphatic imine (C=N–C) groups is 1. The largest absolute Gasteiger partial charge is 0.385 e. The van der Waals surface area contributed by atoms with E-state index >= 15 is 0 Å². The third-order valence-electron chi connectivity index (χ3n) is 18.5. The molecular weight excluding hydrogens is 771 g/mol. The minimum atomic E-state index is 0.451. The predicted molar refractivity (Wildman–Crippen MR) is 254 cm³/mol. The maximum absolute atomic E-state index is 4.50. The topological polar surface area (TPSA) is 51.7 Å². The molecular formula is C53H71N5S2. The number of rotatable bonds is 6. The van der Waals surface area contributed by atoms with Gasteiger partial charge in [-0.05, 0) is 211 Å². The first-order valence-corrected chi connectivity index (χ1v) is 26.8. The predicted octanol–water partition coefficient (Wildman–Crippen LogP) is 12.5. The fraction of sp³-hybridized carbons (Fsp3) is 0.679. The van der Waals surface area contributed by atoms with Gasteiger partial charge in [-0.1, -0.05) is 49.1 Å². The van der Waals surface area contributed by atoms with Crippen molar-refractivity contribution in [1.82, 2.24) is 15.5 Å². The molecule has 1 saturated heterocycles. The lowest BCUT2D eigenvalue weighted by atomic mass is 9.63. The van der Waals surface area contributed by atoms with Crippen LogP contribution in [-0.2, 0) is 0 Å². The van der Waals surface area contributed by atoms with Crippen LogP contribution in [0.25, 0.3) is 5.57 Å². The average Bonchev–Trinajstić information content (AvgIpc) is 4.07. The molecule has 4 saturated carbocycles. The van der Waals surface area contributed by atoms with E-state index in [2.05, 4.69) is 124 Å². The van der Waals surface area contributed by atoms with Gasteiger partial charge in [-0.3, -0.25) is 9.89 Å². The van der Waals surface area contributed by atoms with Gasteiger partial charge in [0.2, 0.25) is 0 Å². The van der Waals surface area contributed by atoms with Gasteiger partial charge < -0.3 is 16.0 Å². The Morgan fingerprint density at radius 1 is 0.717 bits per heavy atom. The van der Waals surface area contributed by atoms with Crippen LogP contribution in [0.3, 0.4) is 0 Å². The summed E-state index contributed by atoms with van der Waals surface area (Å²) in [6, 6.07) is 10.0. The molecule has 5 heterocycles. The van der Waals surface area contributed by atoms with Crippen molar-refractivity contribution in [3.8, 4) is 0 Å². The zero-order chi connectivity index (χ0) is 39.9. The van der Waals surface area contributed by atoms with Crippen molar-refractivity contribution >= 4 is 41.0 Å². The molecule has 6 aliphatic carbocycles. The molecule has 5 nitrogen and oxygen atoms in total. The van der Waals surface area contributed by atoms with Gasteiger partial charge in [0.05, 0.1) is 10.7 Å². The van der Waals surface area contributed by atoms with Crippen LogP contribution < -0.4 is 16.0 Å².